The molecule has 0 saturated carbocycles. The van der Waals surface area contributed by atoms with Crippen LogP contribution < -0.4 is 9.47 Å². The minimum Gasteiger partial charge on any atom is -0.487 e. The van der Waals surface area contributed by atoms with Crippen molar-refractivity contribution in [1.82, 2.24) is 4.90 Å². The summed E-state index contributed by atoms with van der Waals surface area (Å²) in [6, 6.07) is 17.2. The first kappa shape index (κ1) is 26.1. The maximum atomic E-state index is 13.8. The zero-order valence-corrected chi connectivity index (χ0v) is 21.9. The summed E-state index contributed by atoms with van der Waals surface area (Å²) in [6.07, 6.45) is -0.159. The third-order valence-electron chi connectivity index (χ3n) is 7.05. The minimum atomic E-state index is -0.822. The summed E-state index contributed by atoms with van der Waals surface area (Å²) in [7, 11) is 0. The Kier molecular flexibility index (Phi) is 8.09. The zero-order chi connectivity index (χ0) is 25.9. The molecule has 0 bridgehead atoms. The smallest absolute Gasteiger partial charge is 0.137 e. The number of halogens is 3. The highest BCUT2D eigenvalue weighted by Crippen LogP contribution is 2.36. The predicted octanol–water partition coefficient (Wildman–Crippen LogP) is 5.04. The lowest BCUT2D eigenvalue weighted by molar-refractivity contribution is -0.0297. The molecule has 0 fully saturated rings. The Morgan fingerprint density at radius 3 is 2.22 bits per heavy atom. The molecule has 196 valence electrons. The van der Waals surface area contributed by atoms with Gasteiger partial charge in [0.1, 0.15) is 47.5 Å². The minimum absolute atomic E-state index is 0.277. The topological polar surface area (TPSA) is 62.2 Å². The standard InChI is InChI=1S/C29H30BrF2NO4/c30-23-14-22(32)13-20-7-10-28(37-29(20)23)25(35)17-33(15-18-4-2-1-3-5-18)16-24(34)27-9-6-19-12-21(31)8-11-26(19)36-27/h1-5,8,11-14,24-25,27-28,34-35H,6-7,9-10,15-17H2/t24-,25-,27+,28-/m0/s1. The van der Waals surface area contributed by atoms with Crippen molar-refractivity contribution in [1.29, 1.82) is 0 Å². The van der Waals surface area contributed by atoms with E-state index in [4.69, 9.17) is 9.47 Å². The summed E-state index contributed by atoms with van der Waals surface area (Å²) in [6.45, 7) is 1.09. The SMILES string of the molecule is O[C@@H](CN(Cc1ccccc1)C[C@H](O)[C@H]1CCc2cc(F)ccc2O1)[C@@H]1CCc2cc(F)cc(Br)c2O1. The number of hydrogen-bond donors (Lipinski definition) is 2. The molecule has 0 radical (unpaired) electrons. The molecule has 2 aliphatic heterocycles. The molecular formula is C29H30BrF2NO4. The Hall–Kier alpha value is -2.52. The Morgan fingerprint density at radius 1 is 0.838 bits per heavy atom. The molecule has 0 saturated heterocycles. The van der Waals surface area contributed by atoms with Gasteiger partial charge in [0.05, 0.1) is 4.47 Å². The van der Waals surface area contributed by atoms with E-state index in [9.17, 15) is 19.0 Å². The number of ether oxygens (including phenoxy) is 2. The summed E-state index contributed by atoms with van der Waals surface area (Å²) < 4.78 is 40.0. The van der Waals surface area contributed by atoms with E-state index in [1.54, 1.807) is 6.07 Å². The number of aliphatic hydroxyl groups is 2. The van der Waals surface area contributed by atoms with Gasteiger partial charge in [-0.1, -0.05) is 30.3 Å². The van der Waals surface area contributed by atoms with Crippen molar-refractivity contribution in [2.75, 3.05) is 13.1 Å². The first-order valence-electron chi connectivity index (χ1n) is 12.6. The van der Waals surface area contributed by atoms with E-state index in [1.165, 1.54) is 24.3 Å². The van der Waals surface area contributed by atoms with Crippen molar-refractivity contribution in [3.8, 4) is 11.5 Å². The largest absolute Gasteiger partial charge is 0.487 e. The third kappa shape index (κ3) is 6.32. The van der Waals surface area contributed by atoms with Crippen molar-refractivity contribution in [2.45, 2.75) is 56.6 Å². The van der Waals surface area contributed by atoms with Crippen molar-refractivity contribution in [2.24, 2.45) is 0 Å². The van der Waals surface area contributed by atoms with Gasteiger partial charge in [-0.15, -0.1) is 0 Å². The lowest BCUT2D eigenvalue weighted by Gasteiger charge is -2.36. The summed E-state index contributed by atoms with van der Waals surface area (Å²) in [5.74, 6) is 0.544. The number of benzene rings is 3. The first-order chi connectivity index (χ1) is 17.9. The second kappa shape index (κ2) is 11.5. The van der Waals surface area contributed by atoms with Gasteiger partial charge in [-0.25, -0.2) is 8.78 Å². The fourth-order valence-corrected chi connectivity index (χ4v) is 5.74. The van der Waals surface area contributed by atoms with Crippen molar-refractivity contribution >= 4 is 15.9 Å². The maximum Gasteiger partial charge on any atom is 0.137 e. The number of aliphatic hydroxyl groups excluding tert-OH is 2. The first-order valence-corrected chi connectivity index (χ1v) is 13.4. The van der Waals surface area contributed by atoms with Gasteiger partial charge in [0, 0.05) is 19.6 Å². The lowest BCUT2D eigenvalue weighted by Crippen LogP contribution is -2.48. The van der Waals surface area contributed by atoms with Crippen LogP contribution in [0.4, 0.5) is 8.78 Å². The number of nitrogens with zero attached hydrogens (tertiary/aromatic N) is 1. The van der Waals surface area contributed by atoms with Crippen LogP contribution in [0.1, 0.15) is 29.5 Å². The van der Waals surface area contributed by atoms with Crippen LogP contribution in [0.25, 0.3) is 0 Å². The van der Waals surface area contributed by atoms with Gasteiger partial charge in [0.15, 0.2) is 0 Å². The molecule has 5 rings (SSSR count). The van der Waals surface area contributed by atoms with Crippen LogP contribution in [-0.4, -0.2) is 52.6 Å². The van der Waals surface area contributed by atoms with E-state index in [0.29, 0.717) is 48.2 Å². The summed E-state index contributed by atoms with van der Waals surface area (Å²) >= 11 is 3.37. The van der Waals surface area contributed by atoms with Gasteiger partial charge < -0.3 is 19.7 Å². The van der Waals surface area contributed by atoms with Gasteiger partial charge in [-0.05, 0) is 88.6 Å². The molecule has 0 amide bonds. The van der Waals surface area contributed by atoms with Crippen LogP contribution in [0, 0.1) is 11.6 Å². The van der Waals surface area contributed by atoms with Crippen LogP contribution in [0.3, 0.4) is 0 Å². The summed E-state index contributed by atoms with van der Waals surface area (Å²) in [5.41, 5.74) is 2.64. The van der Waals surface area contributed by atoms with Crippen LogP contribution in [-0.2, 0) is 19.4 Å². The van der Waals surface area contributed by atoms with E-state index in [2.05, 4.69) is 15.9 Å². The van der Waals surface area contributed by atoms with Gasteiger partial charge >= 0.3 is 0 Å². The molecule has 37 heavy (non-hydrogen) atoms. The molecule has 2 N–H and O–H groups in total. The number of fused-ring (bicyclic) bond motifs is 2. The van der Waals surface area contributed by atoms with Gasteiger partial charge in [0.2, 0.25) is 0 Å². The van der Waals surface area contributed by atoms with Crippen molar-refractivity contribution in [3.63, 3.8) is 0 Å². The van der Waals surface area contributed by atoms with Crippen molar-refractivity contribution in [3.05, 3.63) is 93.5 Å². The van der Waals surface area contributed by atoms with Crippen molar-refractivity contribution < 1.29 is 28.5 Å². The molecule has 3 aromatic carbocycles. The lowest BCUT2D eigenvalue weighted by atomic mass is 9.97. The van der Waals surface area contributed by atoms with Gasteiger partial charge in [-0.3, -0.25) is 4.90 Å². The van der Waals surface area contributed by atoms with E-state index in [1.807, 2.05) is 35.2 Å². The highest BCUT2D eigenvalue weighted by Gasteiger charge is 2.32. The molecule has 2 heterocycles. The molecule has 8 heteroatoms. The monoisotopic (exact) mass is 573 g/mol. The molecule has 0 aliphatic carbocycles. The molecule has 0 aromatic heterocycles. The van der Waals surface area contributed by atoms with Gasteiger partial charge in [0.25, 0.3) is 0 Å². The second-order valence-electron chi connectivity index (χ2n) is 9.83. The Balaban J connectivity index is 1.27. The highest BCUT2D eigenvalue weighted by atomic mass is 79.9. The summed E-state index contributed by atoms with van der Waals surface area (Å²) in [4.78, 5) is 2.01. The van der Waals surface area contributed by atoms with E-state index < -0.39 is 24.4 Å². The molecular weight excluding hydrogens is 544 g/mol. The number of aryl methyl sites for hydroxylation is 2. The fourth-order valence-electron chi connectivity index (χ4n) is 5.17. The van der Waals surface area contributed by atoms with Crippen LogP contribution >= 0.6 is 15.9 Å². The molecule has 0 unspecified atom stereocenters. The molecule has 3 aromatic rings. The molecule has 0 spiro atoms. The Bertz CT molecular complexity index is 1230. The van der Waals surface area contributed by atoms with Crippen LogP contribution in [0.2, 0.25) is 0 Å². The van der Waals surface area contributed by atoms with Crippen LogP contribution in [0.15, 0.2) is 65.1 Å². The highest BCUT2D eigenvalue weighted by molar-refractivity contribution is 9.10. The second-order valence-corrected chi connectivity index (χ2v) is 10.7. The Morgan fingerprint density at radius 2 is 1.49 bits per heavy atom. The third-order valence-corrected chi connectivity index (χ3v) is 7.64. The van der Waals surface area contributed by atoms with Gasteiger partial charge in [-0.2, -0.15) is 0 Å². The normalized spacial score (nSPS) is 20.4. The molecule has 5 nitrogen and oxygen atoms in total. The molecule has 2 aliphatic rings. The predicted molar refractivity (Wildman–Crippen MR) is 140 cm³/mol. The van der Waals surface area contributed by atoms with E-state index >= 15 is 0 Å². The number of rotatable bonds is 8. The fraction of sp³-hybridized carbons (Fsp3) is 0.379. The van der Waals surface area contributed by atoms with Crippen LogP contribution in [0.5, 0.6) is 11.5 Å². The zero-order valence-electron chi connectivity index (χ0n) is 20.3. The average molecular weight is 574 g/mol. The van der Waals surface area contributed by atoms with E-state index in [-0.39, 0.29) is 24.7 Å². The molecule has 4 atom stereocenters. The Labute approximate surface area is 223 Å². The number of hydrogen-bond acceptors (Lipinski definition) is 5. The van der Waals surface area contributed by atoms with E-state index in [0.717, 1.165) is 16.7 Å². The summed E-state index contributed by atoms with van der Waals surface area (Å²) in [5, 5.41) is 22.3. The quantitative estimate of drug-likeness (QED) is 0.395. The maximum absolute atomic E-state index is 13.8. The average Bonchev–Trinajstić information content (AvgIpc) is 2.88.